The summed E-state index contributed by atoms with van der Waals surface area (Å²) in [5.74, 6) is 0.843. The molecule has 10 heteroatoms. The zero-order valence-electron chi connectivity index (χ0n) is 22.2. The van der Waals surface area contributed by atoms with Crippen LogP contribution in [0.1, 0.15) is 83.2 Å². The minimum absolute atomic E-state index is 0.0352. The molecule has 0 saturated carbocycles. The fourth-order valence-electron chi connectivity index (χ4n) is 4.25. The molecule has 4 rings (SSSR count). The van der Waals surface area contributed by atoms with E-state index in [-0.39, 0.29) is 18.3 Å². The van der Waals surface area contributed by atoms with E-state index in [1.165, 1.54) is 4.88 Å². The van der Waals surface area contributed by atoms with E-state index in [0.29, 0.717) is 24.5 Å². The molecule has 3 N–H and O–H groups in total. The largest absolute Gasteiger partial charge is 0.460 e. The molecule has 1 amide bonds. The summed E-state index contributed by atoms with van der Waals surface area (Å²) in [6.45, 7) is 12.7. The molecular formula is C27H34N6O3S. The van der Waals surface area contributed by atoms with Crippen LogP contribution in [-0.4, -0.2) is 51.0 Å². The van der Waals surface area contributed by atoms with Gasteiger partial charge in [-0.1, -0.05) is 12.1 Å². The SMILES string of the molecule is Cc1sc2c(c1C)C(c1ccc(C(=O)NCCCN)cc1)=N[C@@H](CC(=O)OC(C)(C)C)c1nnc(C)n1-2. The highest BCUT2D eigenvalue weighted by atomic mass is 32.1. The van der Waals surface area contributed by atoms with Crippen LogP contribution in [0.15, 0.2) is 29.3 Å². The van der Waals surface area contributed by atoms with Gasteiger partial charge in [-0.25, -0.2) is 0 Å². The maximum atomic E-state index is 12.9. The third-order valence-electron chi connectivity index (χ3n) is 6.11. The third-order valence-corrected chi connectivity index (χ3v) is 7.30. The molecule has 0 fully saturated rings. The number of ether oxygens (including phenoxy) is 1. The van der Waals surface area contributed by atoms with E-state index in [9.17, 15) is 9.59 Å². The maximum Gasteiger partial charge on any atom is 0.308 e. The molecule has 3 heterocycles. The Morgan fingerprint density at radius 3 is 2.49 bits per heavy atom. The van der Waals surface area contributed by atoms with E-state index in [1.807, 2.05) is 44.4 Å². The van der Waals surface area contributed by atoms with Gasteiger partial charge in [0.05, 0.1) is 12.1 Å². The Morgan fingerprint density at radius 1 is 1.14 bits per heavy atom. The minimum Gasteiger partial charge on any atom is -0.460 e. The molecule has 1 aliphatic rings. The van der Waals surface area contributed by atoms with Gasteiger partial charge in [0, 0.05) is 28.1 Å². The van der Waals surface area contributed by atoms with Gasteiger partial charge in [0.1, 0.15) is 22.5 Å². The molecule has 0 radical (unpaired) electrons. The third kappa shape index (κ3) is 5.65. The number of hydrogen-bond donors (Lipinski definition) is 2. The summed E-state index contributed by atoms with van der Waals surface area (Å²) >= 11 is 1.65. The molecule has 3 aromatic rings. The van der Waals surface area contributed by atoms with E-state index in [0.717, 1.165) is 39.6 Å². The number of thiophene rings is 1. The molecule has 2 aromatic heterocycles. The first-order chi connectivity index (χ1) is 17.5. The second-order valence-electron chi connectivity index (χ2n) is 10.2. The van der Waals surface area contributed by atoms with Crippen LogP contribution in [0, 0.1) is 20.8 Å². The van der Waals surface area contributed by atoms with Crippen LogP contribution in [0.2, 0.25) is 0 Å². The van der Waals surface area contributed by atoms with Gasteiger partial charge >= 0.3 is 5.97 Å². The fraction of sp³-hybridized carbons (Fsp3) is 0.444. The molecule has 1 aromatic carbocycles. The molecule has 0 unspecified atom stereocenters. The Kier molecular flexibility index (Phi) is 7.61. The van der Waals surface area contributed by atoms with Crippen molar-refractivity contribution in [3.63, 3.8) is 0 Å². The lowest BCUT2D eigenvalue weighted by atomic mass is 9.98. The van der Waals surface area contributed by atoms with E-state index in [4.69, 9.17) is 15.5 Å². The van der Waals surface area contributed by atoms with E-state index in [1.54, 1.807) is 23.5 Å². The Labute approximate surface area is 221 Å². The maximum absolute atomic E-state index is 12.9. The summed E-state index contributed by atoms with van der Waals surface area (Å²) in [7, 11) is 0. The van der Waals surface area contributed by atoms with Gasteiger partial charge < -0.3 is 15.8 Å². The van der Waals surface area contributed by atoms with Gasteiger partial charge in [-0.05, 0) is 72.2 Å². The predicted octanol–water partition coefficient (Wildman–Crippen LogP) is 3.96. The number of esters is 1. The molecule has 0 bridgehead atoms. The van der Waals surface area contributed by atoms with Crippen LogP contribution in [0.25, 0.3) is 5.00 Å². The van der Waals surface area contributed by atoms with Gasteiger partial charge in [0.2, 0.25) is 0 Å². The standard InChI is InChI=1S/C27H34N6O3S/c1-15-16(2)37-26-22(15)23(18-8-10-19(11-9-18)25(35)29-13-7-12-28)30-20(14-21(34)36-27(4,5)6)24-32-31-17(3)33(24)26/h8-11,20H,7,12-14,28H2,1-6H3,(H,29,35)/t20-/m0/s1. The summed E-state index contributed by atoms with van der Waals surface area (Å²) in [5.41, 5.74) is 9.18. The lowest BCUT2D eigenvalue weighted by Gasteiger charge is -2.21. The number of amides is 1. The zero-order valence-corrected chi connectivity index (χ0v) is 23.0. The van der Waals surface area contributed by atoms with Gasteiger partial charge in [-0.2, -0.15) is 0 Å². The number of nitrogens with two attached hydrogens (primary N) is 1. The quantitative estimate of drug-likeness (QED) is 0.358. The number of hydrogen-bond acceptors (Lipinski definition) is 8. The van der Waals surface area contributed by atoms with Crippen LogP contribution < -0.4 is 11.1 Å². The number of fused-ring (bicyclic) bond motifs is 3. The monoisotopic (exact) mass is 522 g/mol. The molecule has 1 aliphatic heterocycles. The number of aromatic nitrogens is 3. The molecule has 0 spiro atoms. The number of nitrogens with zero attached hydrogens (tertiary/aromatic N) is 4. The van der Waals surface area contributed by atoms with E-state index >= 15 is 0 Å². The summed E-state index contributed by atoms with van der Waals surface area (Å²) in [5, 5.41) is 12.6. The number of nitrogens with one attached hydrogen (secondary N) is 1. The highest BCUT2D eigenvalue weighted by molar-refractivity contribution is 7.15. The first-order valence-electron chi connectivity index (χ1n) is 12.4. The second-order valence-corrected chi connectivity index (χ2v) is 11.4. The van der Waals surface area contributed by atoms with Crippen LogP contribution in [-0.2, 0) is 9.53 Å². The average molecular weight is 523 g/mol. The van der Waals surface area contributed by atoms with Gasteiger partial charge in [-0.3, -0.25) is 19.1 Å². The lowest BCUT2D eigenvalue weighted by molar-refractivity contribution is -0.155. The second kappa shape index (κ2) is 10.5. The molecular weight excluding hydrogens is 488 g/mol. The van der Waals surface area contributed by atoms with Crippen molar-refractivity contribution in [2.24, 2.45) is 10.7 Å². The smallest absolute Gasteiger partial charge is 0.308 e. The Balaban J connectivity index is 1.79. The highest BCUT2D eigenvalue weighted by Gasteiger charge is 2.33. The van der Waals surface area contributed by atoms with Crippen molar-refractivity contribution in [2.75, 3.05) is 13.1 Å². The average Bonchev–Trinajstić information content (AvgIpc) is 3.30. The predicted molar refractivity (Wildman–Crippen MR) is 145 cm³/mol. The van der Waals surface area contributed by atoms with Crippen LogP contribution in [0.5, 0.6) is 0 Å². The van der Waals surface area contributed by atoms with Crippen LogP contribution >= 0.6 is 11.3 Å². The van der Waals surface area contributed by atoms with Gasteiger partial charge in [0.25, 0.3) is 5.91 Å². The van der Waals surface area contributed by atoms with Crippen molar-refractivity contribution < 1.29 is 14.3 Å². The van der Waals surface area contributed by atoms with Crippen LogP contribution in [0.4, 0.5) is 0 Å². The summed E-state index contributed by atoms with van der Waals surface area (Å²) in [6.07, 6.45) is 0.760. The first-order valence-corrected chi connectivity index (χ1v) is 13.2. The van der Waals surface area contributed by atoms with E-state index < -0.39 is 11.6 Å². The molecule has 196 valence electrons. The number of aliphatic imine (C=N–C) groups is 1. The molecule has 9 nitrogen and oxygen atoms in total. The number of carbonyl (C=O) groups is 2. The Hall–Kier alpha value is -3.37. The van der Waals surface area contributed by atoms with Gasteiger partial charge in [0.15, 0.2) is 5.82 Å². The highest BCUT2D eigenvalue weighted by Crippen LogP contribution is 2.39. The van der Waals surface area contributed by atoms with Crippen molar-refractivity contribution in [3.8, 4) is 5.00 Å². The number of rotatable bonds is 7. The lowest BCUT2D eigenvalue weighted by Crippen LogP contribution is -2.26. The molecule has 37 heavy (non-hydrogen) atoms. The normalized spacial score (nSPS) is 14.9. The van der Waals surface area contributed by atoms with Crippen molar-refractivity contribution in [1.82, 2.24) is 20.1 Å². The molecule has 1 atom stereocenters. The Bertz CT molecular complexity index is 1350. The zero-order chi connectivity index (χ0) is 26.9. The van der Waals surface area contributed by atoms with Crippen LogP contribution in [0.3, 0.4) is 0 Å². The fourth-order valence-corrected chi connectivity index (χ4v) is 5.47. The first kappa shape index (κ1) is 26.7. The summed E-state index contributed by atoms with van der Waals surface area (Å²) < 4.78 is 7.62. The topological polar surface area (TPSA) is 124 Å². The van der Waals surface area contributed by atoms with Crippen molar-refractivity contribution in [3.05, 3.63) is 63.0 Å². The summed E-state index contributed by atoms with van der Waals surface area (Å²) in [4.78, 5) is 31.6. The number of benzene rings is 1. The van der Waals surface area contributed by atoms with E-state index in [2.05, 4.69) is 29.4 Å². The van der Waals surface area contributed by atoms with Crippen molar-refractivity contribution >= 4 is 28.9 Å². The van der Waals surface area contributed by atoms with Crippen molar-refractivity contribution in [1.29, 1.82) is 0 Å². The minimum atomic E-state index is -0.606. The van der Waals surface area contributed by atoms with Crippen molar-refractivity contribution in [2.45, 2.75) is 66.0 Å². The van der Waals surface area contributed by atoms with Gasteiger partial charge in [-0.15, -0.1) is 21.5 Å². The number of aryl methyl sites for hydroxylation is 2. The summed E-state index contributed by atoms with van der Waals surface area (Å²) in [6, 6.07) is 6.81. The number of carbonyl (C=O) groups excluding carboxylic acids is 2. The Morgan fingerprint density at radius 2 is 1.84 bits per heavy atom. The molecule has 0 saturated heterocycles. The molecule has 0 aliphatic carbocycles.